The number of nitrogens with zero attached hydrogens (tertiary/aromatic N) is 3. The Morgan fingerprint density at radius 2 is 1.61 bits per heavy atom. The smallest absolute Gasteiger partial charge is 0.0892 e. The van der Waals surface area contributed by atoms with E-state index in [0.717, 1.165) is 22.3 Å². The van der Waals surface area contributed by atoms with Crippen molar-refractivity contribution in [1.29, 1.82) is 0 Å². The third-order valence-electron chi connectivity index (χ3n) is 2.63. The molecule has 0 atom stereocenters. The number of aromatic nitrogens is 3. The van der Waals surface area contributed by atoms with Gasteiger partial charge in [0.05, 0.1) is 16.7 Å². The summed E-state index contributed by atoms with van der Waals surface area (Å²) in [6.45, 7) is 0. The number of hydrogen-bond acceptors (Lipinski definition) is 3. The number of fused-ring (bicyclic) bond motifs is 1. The van der Waals surface area contributed by atoms with Crippen LogP contribution in [0, 0.1) is 0 Å². The molecule has 0 N–H and O–H groups in total. The minimum Gasteiger partial charge on any atom is -0.257 e. The van der Waals surface area contributed by atoms with Gasteiger partial charge in [-0.05, 0) is 35.9 Å². The monoisotopic (exact) mass is 233 g/mol. The van der Waals surface area contributed by atoms with Crippen molar-refractivity contribution in [2.45, 2.75) is 0 Å². The van der Waals surface area contributed by atoms with Gasteiger partial charge >= 0.3 is 0 Å². The molecule has 0 saturated carbocycles. The first-order chi connectivity index (χ1) is 8.92. The highest BCUT2D eigenvalue weighted by Crippen LogP contribution is 2.13. The third-order valence-corrected chi connectivity index (χ3v) is 2.63. The van der Waals surface area contributed by atoms with Gasteiger partial charge in [0, 0.05) is 18.6 Å². The summed E-state index contributed by atoms with van der Waals surface area (Å²) in [4.78, 5) is 12.8. The highest BCUT2D eigenvalue weighted by molar-refractivity contribution is 5.79. The van der Waals surface area contributed by atoms with Crippen molar-refractivity contribution in [2.24, 2.45) is 0 Å². The minimum atomic E-state index is 0.903. The standard InChI is InChI=1S/C15H11N3/c1-2-8-16-13(3-1)6-4-12-5-7-14-15(11-12)18-10-9-17-14/h1-11H. The van der Waals surface area contributed by atoms with E-state index < -0.39 is 0 Å². The van der Waals surface area contributed by atoms with Crippen LogP contribution in [0.3, 0.4) is 0 Å². The van der Waals surface area contributed by atoms with Crippen LogP contribution in [0.1, 0.15) is 11.3 Å². The Hall–Kier alpha value is -2.55. The van der Waals surface area contributed by atoms with Crippen LogP contribution in [0.4, 0.5) is 0 Å². The molecule has 0 amide bonds. The molecule has 0 fully saturated rings. The van der Waals surface area contributed by atoms with E-state index in [0.29, 0.717) is 0 Å². The fraction of sp³-hybridized carbons (Fsp3) is 0. The van der Waals surface area contributed by atoms with Crippen LogP contribution in [0.2, 0.25) is 0 Å². The van der Waals surface area contributed by atoms with E-state index in [2.05, 4.69) is 15.0 Å². The summed E-state index contributed by atoms with van der Waals surface area (Å²) >= 11 is 0. The molecule has 3 nitrogen and oxygen atoms in total. The predicted molar refractivity (Wildman–Crippen MR) is 72.7 cm³/mol. The number of pyridine rings is 1. The molecule has 0 unspecified atom stereocenters. The van der Waals surface area contributed by atoms with Crippen molar-refractivity contribution in [3.05, 3.63) is 66.2 Å². The van der Waals surface area contributed by atoms with Crippen LogP contribution in [-0.4, -0.2) is 15.0 Å². The molecule has 3 rings (SSSR count). The van der Waals surface area contributed by atoms with Crippen molar-refractivity contribution >= 4 is 23.2 Å². The second-order valence-electron chi connectivity index (χ2n) is 3.89. The minimum absolute atomic E-state index is 0.903. The third kappa shape index (κ3) is 2.25. The highest BCUT2D eigenvalue weighted by atomic mass is 14.8. The van der Waals surface area contributed by atoms with Gasteiger partial charge in [0.1, 0.15) is 0 Å². The number of rotatable bonds is 2. The molecular weight excluding hydrogens is 222 g/mol. The molecule has 1 aromatic carbocycles. The topological polar surface area (TPSA) is 38.7 Å². The number of benzene rings is 1. The quantitative estimate of drug-likeness (QED) is 0.682. The second-order valence-corrected chi connectivity index (χ2v) is 3.89. The van der Waals surface area contributed by atoms with Gasteiger partial charge in [0.15, 0.2) is 0 Å². The molecule has 86 valence electrons. The van der Waals surface area contributed by atoms with Gasteiger partial charge in [0.25, 0.3) is 0 Å². The van der Waals surface area contributed by atoms with Crippen LogP contribution in [-0.2, 0) is 0 Å². The van der Waals surface area contributed by atoms with Crippen molar-refractivity contribution in [3.8, 4) is 0 Å². The lowest BCUT2D eigenvalue weighted by Gasteiger charge is -1.97. The molecule has 0 aliphatic carbocycles. The first-order valence-corrected chi connectivity index (χ1v) is 5.72. The van der Waals surface area contributed by atoms with Gasteiger partial charge in [0.2, 0.25) is 0 Å². The predicted octanol–water partition coefficient (Wildman–Crippen LogP) is 3.20. The van der Waals surface area contributed by atoms with E-state index >= 15 is 0 Å². The molecule has 3 aromatic rings. The van der Waals surface area contributed by atoms with E-state index in [9.17, 15) is 0 Å². The van der Waals surface area contributed by atoms with Crippen LogP contribution in [0.5, 0.6) is 0 Å². The molecule has 2 heterocycles. The maximum atomic E-state index is 4.28. The Balaban J connectivity index is 1.93. The van der Waals surface area contributed by atoms with Crippen LogP contribution < -0.4 is 0 Å². The zero-order valence-electron chi connectivity index (χ0n) is 9.69. The summed E-state index contributed by atoms with van der Waals surface area (Å²) < 4.78 is 0. The lowest BCUT2D eigenvalue weighted by atomic mass is 10.1. The largest absolute Gasteiger partial charge is 0.257 e. The molecular formula is C15H11N3. The summed E-state index contributed by atoms with van der Waals surface area (Å²) in [6.07, 6.45) is 9.19. The van der Waals surface area contributed by atoms with Crippen molar-refractivity contribution in [3.63, 3.8) is 0 Å². The van der Waals surface area contributed by atoms with Crippen LogP contribution in [0.15, 0.2) is 55.0 Å². The average Bonchev–Trinajstić information content (AvgIpc) is 2.46. The SMILES string of the molecule is C(=Cc1ccccn1)c1ccc2nccnc2c1. The lowest BCUT2D eigenvalue weighted by molar-refractivity contribution is 1.29. The molecule has 0 aliphatic rings. The molecule has 0 bridgehead atoms. The van der Waals surface area contributed by atoms with Gasteiger partial charge < -0.3 is 0 Å². The highest BCUT2D eigenvalue weighted by Gasteiger charge is 1.95. The van der Waals surface area contributed by atoms with E-state index in [1.807, 2.05) is 48.6 Å². The second kappa shape index (κ2) is 4.75. The zero-order valence-corrected chi connectivity index (χ0v) is 9.69. The first kappa shape index (κ1) is 10.6. The molecule has 0 radical (unpaired) electrons. The van der Waals surface area contributed by atoms with E-state index in [1.165, 1.54) is 0 Å². The Morgan fingerprint density at radius 1 is 0.722 bits per heavy atom. The van der Waals surface area contributed by atoms with Gasteiger partial charge in [-0.15, -0.1) is 0 Å². The Bertz CT molecular complexity index is 690. The van der Waals surface area contributed by atoms with Gasteiger partial charge in [-0.2, -0.15) is 0 Å². The Morgan fingerprint density at radius 3 is 2.44 bits per heavy atom. The zero-order chi connectivity index (χ0) is 12.2. The van der Waals surface area contributed by atoms with Crippen LogP contribution >= 0.6 is 0 Å². The molecule has 2 aromatic heterocycles. The maximum absolute atomic E-state index is 4.28. The molecule has 3 heteroatoms. The first-order valence-electron chi connectivity index (χ1n) is 5.72. The summed E-state index contributed by atoms with van der Waals surface area (Å²) in [6, 6.07) is 11.9. The lowest BCUT2D eigenvalue weighted by Crippen LogP contribution is -1.83. The van der Waals surface area contributed by atoms with Crippen molar-refractivity contribution < 1.29 is 0 Å². The summed E-state index contributed by atoms with van der Waals surface area (Å²) in [5.74, 6) is 0. The molecule has 0 saturated heterocycles. The van der Waals surface area contributed by atoms with Gasteiger partial charge in [-0.25, -0.2) is 0 Å². The normalized spacial score (nSPS) is 11.1. The maximum Gasteiger partial charge on any atom is 0.0892 e. The fourth-order valence-corrected chi connectivity index (χ4v) is 1.74. The molecule has 0 spiro atoms. The molecule has 0 aliphatic heterocycles. The van der Waals surface area contributed by atoms with E-state index in [1.54, 1.807) is 18.6 Å². The summed E-state index contributed by atoms with van der Waals surface area (Å²) in [5.41, 5.74) is 3.85. The fourth-order valence-electron chi connectivity index (χ4n) is 1.74. The van der Waals surface area contributed by atoms with Crippen molar-refractivity contribution in [2.75, 3.05) is 0 Å². The van der Waals surface area contributed by atoms with Gasteiger partial charge in [-0.1, -0.05) is 18.2 Å². The summed E-state index contributed by atoms with van der Waals surface area (Å²) in [7, 11) is 0. The summed E-state index contributed by atoms with van der Waals surface area (Å²) in [5, 5.41) is 0. The van der Waals surface area contributed by atoms with Gasteiger partial charge in [-0.3, -0.25) is 15.0 Å². The van der Waals surface area contributed by atoms with Crippen molar-refractivity contribution in [1.82, 2.24) is 15.0 Å². The van der Waals surface area contributed by atoms with Crippen LogP contribution in [0.25, 0.3) is 23.2 Å². The van der Waals surface area contributed by atoms with E-state index in [-0.39, 0.29) is 0 Å². The Labute approximate surface area is 105 Å². The Kier molecular flexibility index (Phi) is 2.80. The average molecular weight is 233 g/mol. The van der Waals surface area contributed by atoms with E-state index in [4.69, 9.17) is 0 Å². The number of hydrogen-bond donors (Lipinski definition) is 0. The molecule has 18 heavy (non-hydrogen) atoms.